The summed E-state index contributed by atoms with van der Waals surface area (Å²) in [6.07, 6.45) is 0.820. The Kier molecular flexibility index (Phi) is 3.70. The Bertz CT molecular complexity index is 638. The SMILES string of the molecule is C[C@H]1C(=O)N(CCc2ccccc2)Cc2nnc(CO)n21. The third-order valence-electron chi connectivity index (χ3n) is 3.88. The van der Waals surface area contributed by atoms with Crippen LogP contribution in [0.15, 0.2) is 30.3 Å². The van der Waals surface area contributed by atoms with Gasteiger partial charge in [-0.1, -0.05) is 30.3 Å². The lowest BCUT2D eigenvalue weighted by atomic mass is 10.1. The standard InChI is InChI=1S/C15H18N4O2/c1-11-15(21)18(8-7-12-5-3-2-4-6-12)9-13-16-17-14(10-20)19(11)13/h2-6,11,20H,7-10H2,1H3/t11-/m0/s1. The van der Waals surface area contributed by atoms with E-state index in [1.807, 2.05) is 30.0 Å². The third kappa shape index (κ3) is 2.54. The maximum Gasteiger partial charge on any atom is 0.245 e. The molecule has 6 nitrogen and oxygen atoms in total. The van der Waals surface area contributed by atoms with E-state index in [9.17, 15) is 9.90 Å². The Labute approximate surface area is 123 Å². The van der Waals surface area contributed by atoms with Gasteiger partial charge in [0.25, 0.3) is 0 Å². The van der Waals surface area contributed by atoms with Gasteiger partial charge in [-0.15, -0.1) is 10.2 Å². The van der Waals surface area contributed by atoms with E-state index in [1.165, 1.54) is 5.56 Å². The molecule has 0 fully saturated rings. The van der Waals surface area contributed by atoms with Gasteiger partial charge in [-0.2, -0.15) is 0 Å². The molecule has 0 saturated heterocycles. The van der Waals surface area contributed by atoms with Crippen LogP contribution in [0, 0.1) is 0 Å². The van der Waals surface area contributed by atoms with Crippen LogP contribution in [0.1, 0.15) is 30.2 Å². The molecule has 21 heavy (non-hydrogen) atoms. The molecule has 0 saturated carbocycles. The van der Waals surface area contributed by atoms with Crippen molar-refractivity contribution >= 4 is 5.91 Å². The average Bonchev–Trinajstić information content (AvgIpc) is 2.93. The quantitative estimate of drug-likeness (QED) is 0.907. The second-order valence-electron chi connectivity index (χ2n) is 5.23. The number of hydrogen-bond donors (Lipinski definition) is 1. The highest BCUT2D eigenvalue weighted by molar-refractivity contribution is 5.81. The molecule has 2 aromatic rings. The minimum absolute atomic E-state index is 0.0490. The van der Waals surface area contributed by atoms with E-state index in [-0.39, 0.29) is 18.6 Å². The molecule has 0 spiro atoms. The molecule has 2 heterocycles. The van der Waals surface area contributed by atoms with Gasteiger partial charge in [0.15, 0.2) is 11.6 Å². The molecule has 1 atom stereocenters. The van der Waals surface area contributed by atoms with E-state index in [0.717, 1.165) is 12.2 Å². The summed E-state index contributed by atoms with van der Waals surface area (Å²) in [6.45, 7) is 2.73. The van der Waals surface area contributed by atoms with Crippen molar-refractivity contribution in [2.24, 2.45) is 0 Å². The molecular formula is C15H18N4O2. The molecule has 0 bridgehead atoms. The minimum atomic E-state index is -0.360. The number of fused-ring (bicyclic) bond motifs is 1. The molecule has 1 N–H and O–H groups in total. The summed E-state index contributed by atoms with van der Waals surface area (Å²) in [6, 6.07) is 9.74. The Hall–Kier alpha value is -2.21. The Morgan fingerprint density at radius 3 is 2.76 bits per heavy atom. The molecule has 0 unspecified atom stereocenters. The van der Waals surface area contributed by atoms with E-state index in [1.54, 1.807) is 4.57 Å². The summed E-state index contributed by atoms with van der Waals surface area (Å²) in [5.74, 6) is 1.24. The first kappa shape index (κ1) is 13.8. The van der Waals surface area contributed by atoms with Crippen LogP contribution in [0.2, 0.25) is 0 Å². The average molecular weight is 286 g/mol. The van der Waals surface area contributed by atoms with Crippen LogP contribution in [0.4, 0.5) is 0 Å². The number of nitrogens with zero attached hydrogens (tertiary/aromatic N) is 4. The second-order valence-corrected chi connectivity index (χ2v) is 5.23. The predicted octanol–water partition coefficient (Wildman–Crippen LogP) is 0.916. The summed E-state index contributed by atoms with van der Waals surface area (Å²) >= 11 is 0. The van der Waals surface area contributed by atoms with E-state index in [4.69, 9.17) is 0 Å². The fraction of sp³-hybridized carbons (Fsp3) is 0.400. The van der Waals surface area contributed by atoms with Gasteiger partial charge in [0.05, 0.1) is 6.54 Å². The molecule has 1 aromatic carbocycles. The minimum Gasteiger partial charge on any atom is -0.388 e. The Morgan fingerprint density at radius 2 is 2.05 bits per heavy atom. The second kappa shape index (κ2) is 5.65. The zero-order valence-corrected chi connectivity index (χ0v) is 11.9. The third-order valence-corrected chi connectivity index (χ3v) is 3.88. The van der Waals surface area contributed by atoms with Crippen LogP contribution >= 0.6 is 0 Å². The lowest BCUT2D eigenvalue weighted by molar-refractivity contribution is -0.137. The van der Waals surface area contributed by atoms with Crippen molar-refractivity contribution in [1.82, 2.24) is 19.7 Å². The Balaban J connectivity index is 1.75. The van der Waals surface area contributed by atoms with E-state index in [2.05, 4.69) is 22.3 Å². The summed E-state index contributed by atoms with van der Waals surface area (Å²) in [7, 11) is 0. The fourth-order valence-electron chi connectivity index (χ4n) is 2.74. The summed E-state index contributed by atoms with van der Waals surface area (Å²) in [4.78, 5) is 14.3. The van der Waals surface area contributed by atoms with E-state index >= 15 is 0 Å². The summed E-state index contributed by atoms with van der Waals surface area (Å²) in [5.41, 5.74) is 1.21. The fourth-order valence-corrected chi connectivity index (χ4v) is 2.74. The predicted molar refractivity (Wildman–Crippen MR) is 76.2 cm³/mol. The number of rotatable bonds is 4. The van der Waals surface area contributed by atoms with Crippen LogP contribution in [0.5, 0.6) is 0 Å². The summed E-state index contributed by atoms with van der Waals surface area (Å²) in [5, 5.41) is 17.3. The van der Waals surface area contributed by atoms with Crippen LogP contribution < -0.4 is 0 Å². The Morgan fingerprint density at radius 1 is 1.29 bits per heavy atom. The van der Waals surface area contributed by atoms with Gasteiger partial charge < -0.3 is 10.0 Å². The van der Waals surface area contributed by atoms with Gasteiger partial charge >= 0.3 is 0 Å². The smallest absolute Gasteiger partial charge is 0.245 e. The number of aliphatic hydroxyl groups is 1. The number of aromatic nitrogens is 3. The number of carbonyl (C=O) groups is 1. The highest BCUT2D eigenvalue weighted by Gasteiger charge is 2.32. The lowest BCUT2D eigenvalue weighted by Crippen LogP contribution is -2.43. The van der Waals surface area contributed by atoms with Crippen LogP contribution in [-0.4, -0.2) is 37.2 Å². The monoisotopic (exact) mass is 286 g/mol. The van der Waals surface area contributed by atoms with Crippen molar-refractivity contribution in [3.8, 4) is 0 Å². The molecule has 110 valence electrons. The van der Waals surface area contributed by atoms with Gasteiger partial charge in [0.1, 0.15) is 12.6 Å². The first-order valence-electron chi connectivity index (χ1n) is 7.07. The molecule has 0 aliphatic carbocycles. The molecule has 0 radical (unpaired) electrons. The zero-order chi connectivity index (χ0) is 14.8. The molecule has 3 rings (SSSR count). The van der Waals surface area contributed by atoms with Crippen molar-refractivity contribution in [3.63, 3.8) is 0 Å². The van der Waals surface area contributed by atoms with Crippen molar-refractivity contribution in [1.29, 1.82) is 0 Å². The maximum absolute atomic E-state index is 12.4. The van der Waals surface area contributed by atoms with E-state index in [0.29, 0.717) is 18.9 Å². The van der Waals surface area contributed by atoms with Crippen LogP contribution in [-0.2, 0) is 24.4 Å². The molecule has 6 heteroatoms. The van der Waals surface area contributed by atoms with Gasteiger partial charge in [-0.25, -0.2) is 0 Å². The molecule has 1 amide bonds. The first-order chi connectivity index (χ1) is 10.2. The van der Waals surface area contributed by atoms with Crippen molar-refractivity contribution < 1.29 is 9.90 Å². The van der Waals surface area contributed by atoms with Crippen molar-refractivity contribution in [3.05, 3.63) is 47.5 Å². The highest BCUT2D eigenvalue weighted by atomic mass is 16.3. The number of amides is 1. The number of carbonyl (C=O) groups excluding carboxylic acids is 1. The van der Waals surface area contributed by atoms with Gasteiger partial charge in [0.2, 0.25) is 5.91 Å². The molecular weight excluding hydrogens is 268 g/mol. The zero-order valence-electron chi connectivity index (χ0n) is 11.9. The lowest BCUT2D eigenvalue weighted by Gasteiger charge is -2.32. The molecule has 1 aromatic heterocycles. The summed E-state index contributed by atoms with van der Waals surface area (Å²) < 4.78 is 1.74. The van der Waals surface area contributed by atoms with E-state index < -0.39 is 0 Å². The number of hydrogen-bond acceptors (Lipinski definition) is 4. The van der Waals surface area contributed by atoms with Gasteiger partial charge in [0, 0.05) is 6.54 Å². The molecule has 1 aliphatic heterocycles. The topological polar surface area (TPSA) is 71.2 Å². The van der Waals surface area contributed by atoms with Gasteiger partial charge in [-0.3, -0.25) is 9.36 Å². The number of aliphatic hydroxyl groups excluding tert-OH is 1. The first-order valence-corrected chi connectivity index (χ1v) is 7.07. The largest absolute Gasteiger partial charge is 0.388 e. The van der Waals surface area contributed by atoms with Crippen LogP contribution in [0.25, 0.3) is 0 Å². The van der Waals surface area contributed by atoms with Crippen molar-refractivity contribution in [2.75, 3.05) is 6.54 Å². The normalized spacial score (nSPS) is 17.9. The van der Waals surface area contributed by atoms with Crippen LogP contribution in [0.3, 0.4) is 0 Å². The number of benzene rings is 1. The highest BCUT2D eigenvalue weighted by Crippen LogP contribution is 2.23. The maximum atomic E-state index is 12.4. The van der Waals surface area contributed by atoms with Gasteiger partial charge in [-0.05, 0) is 18.9 Å². The van der Waals surface area contributed by atoms with Crippen molar-refractivity contribution in [2.45, 2.75) is 32.5 Å². The molecule has 1 aliphatic rings.